The lowest BCUT2D eigenvalue weighted by Gasteiger charge is -2.02. The molecule has 0 saturated carbocycles. The highest BCUT2D eigenvalue weighted by molar-refractivity contribution is 5.46. The zero-order valence-corrected chi connectivity index (χ0v) is 8.96. The monoisotopic (exact) mass is 228 g/mol. The van der Waals surface area contributed by atoms with E-state index in [1.807, 2.05) is 30.3 Å². The first-order chi connectivity index (χ1) is 8.36. The molecule has 2 aromatic heterocycles. The molecule has 0 aliphatic rings. The summed E-state index contributed by atoms with van der Waals surface area (Å²) in [7, 11) is 1.74. The first kappa shape index (κ1) is 9.58. The van der Waals surface area contributed by atoms with E-state index in [1.165, 1.54) is 4.68 Å². The quantitative estimate of drug-likeness (QED) is 0.606. The van der Waals surface area contributed by atoms with Crippen LogP contribution in [-0.4, -0.2) is 40.4 Å². The van der Waals surface area contributed by atoms with Crippen molar-refractivity contribution < 1.29 is 0 Å². The molecule has 0 unspecified atom stereocenters. The van der Waals surface area contributed by atoms with Crippen LogP contribution in [0.15, 0.2) is 30.3 Å². The Labute approximate surface area is 95.9 Å². The molecule has 0 aliphatic carbocycles. The molecule has 0 bridgehead atoms. The van der Waals surface area contributed by atoms with Gasteiger partial charge >= 0.3 is 0 Å². The second-order valence-electron chi connectivity index (χ2n) is 3.38. The lowest BCUT2D eigenvalue weighted by Crippen LogP contribution is -2.03. The predicted molar refractivity (Wildman–Crippen MR) is 56.9 cm³/mol. The Balaban J connectivity index is 2.16. The first-order valence-electron chi connectivity index (χ1n) is 4.93. The molecule has 2 heterocycles. The summed E-state index contributed by atoms with van der Waals surface area (Å²) in [6.45, 7) is 0. The molecule has 1 aromatic carbocycles. The maximum atomic E-state index is 3.93. The van der Waals surface area contributed by atoms with Gasteiger partial charge in [0.05, 0.1) is 5.69 Å². The molecule has 0 saturated heterocycles. The van der Waals surface area contributed by atoms with Crippen molar-refractivity contribution in [3.05, 3.63) is 30.3 Å². The van der Waals surface area contributed by atoms with E-state index in [-0.39, 0.29) is 0 Å². The molecule has 0 aliphatic heterocycles. The molecule has 3 rings (SSSR count). The van der Waals surface area contributed by atoms with E-state index >= 15 is 0 Å². The molecular weight excluding hydrogens is 220 g/mol. The Morgan fingerprint density at radius 2 is 1.59 bits per heavy atom. The van der Waals surface area contributed by atoms with Gasteiger partial charge in [0.25, 0.3) is 0 Å². The van der Waals surface area contributed by atoms with Gasteiger partial charge in [0.1, 0.15) is 0 Å². The number of aryl methyl sites for hydroxylation is 1. The summed E-state index contributed by atoms with van der Waals surface area (Å²) in [6.07, 6.45) is 0. The smallest absolute Gasteiger partial charge is 0.226 e. The van der Waals surface area contributed by atoms with Crippen molar-refractivity contribution in [1.82, 2.24) is 40.4 Å². The van der Waals surface area contributed by atoms with Crippen LogP contribution in [0.25, 0.3) is 17.3 Å². The molecule has 0 fully saturated rings. The van der Waals surface area contributed by atoms with Crippen molar-refractivity contribution in [2.24, 2.45) is 7.05 Å². The van der Waals surface area contributed by atoms with Crippen LogP contribution in [0.1, 0.15) is 0 Å². The second-order valence-corrected chi connectivity index (χ2v) is 3.38. The third-order valence-corrected chi connectivity index (χ3v) is 2.29. The summed E-state index contributed by atoms with van der Waals surface area (Å²) in [5, 5.41) is 22.7. The molecule has 3 aromatic rings. The molecule has 0 N–H and O–H groups in total. The first-order valence-corrected chi connectivity index (χ1v) is 4.93. The normalized spacial score (nSPS) is 10.6. The molecule has 8 heteroatoms. The summed E-state index contributed by atoms with van der Waals surface area (Å²) in [4.78, 5) is 0. The van der Waals surface area contributed by atoms with Gasteiger partial charge < -0.3 is 0 Å². The van der Waals surface area contributed by atoms with Crippen LogP contribution in [0.3, 0.4) is 0 Å². The van der Waals surface area contributed by atoms with E-state index in [2.05, 4.69) is 31.1 Å². The molecule has 0 radical (unpaired) electrons. The minimum absolute atomic E-state index is 0.503. The minimum atomic E-state index is 0.503. The Morgan fingerprint density at radius 1 is 0.882 bits per heavy atom. The van der Waals surface area contributed by atoms with E-state index < -0.39 is 0 Å². The summed E-state index contributed by atoms with van der Waals surface area (Å²) in [6, 6.07) is 9.57. The Bertz CT molecular complexity index is 625. The zero-order chi connectivity index (χ0) is 11.7. The third-order valence-electron chi connectivity index (χ3n) is 2.29. The molecule has 0 spiro atoms. The molecular formula is C9H8N8. The van der Waals surface area contributed by atoms with E-state index in [0.717, 1.165) is 5.69 Å². The van der Waals surface area contributed by atoms with Gasteiger partial charge in [0.2, 0.25) is 11.6 Å². The highest BCUT2D eigenvalue weighted by Gasteiger charge is 2.15. The fourth-order valence-electron chi connectivity index (χ4n) is 1.49. The number of nitrogens with zero attached hydrogens (tertiary/aromatic N) is 8. The van der Waals surface area contributed by atoms with Crippen molar-refractivity contribution >= 4 is 0 Å². The molecule has 17 heavy (non-hydrogen) atoms. The van der Waals surface area contributed by atoms with Crippen molar-refractivity contribution in [3.63, 3.8) is 0 Å². The highest BCUT2D eigenvalue weighted by atomic mass is 15.6. The van der Waals surface area contributed by atoms with E-state index in [9.17, 15) is 0 Å². The number of aromatic nitrogens is 8. The topological polar surface area (TPSA) is 87.2 Å². The fraction of sp³-hybridized carbons (Fsp3) is 0.111. The summed E-state index contributed by atoms with van der Waals surface area (Å²) in [5.74, 6) is 1.02. The van der Waals surface area contributed by atoms with Crippen molar-refractivity contribution in [3.8, 4) is 17.3 Å². The van der Waals surface area contributed by atoms with Crippen LogP contribution < -0.4 is 0 Å². The maximum Gasteiger partial charge on any atom is 0.226 e. The number of para-hydroxylation sites is 1. The number of hydrogen-bond donors (Lipinski definition) is 0. The van der Waals surface area contributed by atoms with Crippen LogP contribution in [0.2, 0.25) is 0 Å². The minimum Gasteiger partial charge on any atom is -0.226 e. The number of benzene rings is 1. The third kappa shape index (κ3) is 1.55. The Morgan fingerprint density at radius 3 is 2.29 bits per heavy atom. The largest absolute Gasteiger partial charge is 0.226 e. The molecule has 0 atom stereocenters. The van der Waals surface area contributed by atoms with Gasteiger partial charge in [-0.25, -0.2) is 4.68 Å². The average Bonchev–Trinajstić information content (AvgIpc) is 2.98. The lowest BCUT2D eigenvalue weighted by atomic mass is 10.3. The van der Waals surface area contributed by atoms with Crippen LogP contribution in [0, 0.1) is 0 Å². The van der Waals surface area contributed by atoms with Crippen LogP contribution in [0.4, 0.5) is 0 Å². The van der Waals surface area contributed by atoms with Gasteiger partial charge in [0.15, 0.2) is 0 Å². The number of rotatable bonds is 2. The number of hydrogen-bond acceptors (Lipinski definition) is 6. The van der Waals surface area contributed by atoms with Crippen molar-refractivity contribution in [2.75, 3.05) is 0 Å². The lowest BCUT2D eigenvalue weighted by molar-refractivity contribution is 0.709. The maximum absolute atomic E-state index is 3.93. The van der Waals surface area contributed by atoms with Gasteiger partial charge in [-0.3, -0.25) is 0 Å². The Kier molecular flexibility index (Phi) is 2.11. The average molecular weight is 228 g/mol. The van der Waals surface area contributed by atoms with Crippen LogP contribution in [0.5, 0.6) is 0 Å². The van der Waals surface area contributed by atoms with E-state index in [0.29, 0.717) is 11.6 Å². The fourth-order valence-corrected chi connectivity index (χ4v) is 1.49. The van der Waals surface area contributed by atoms with E-state index in [4.69, 9.17) is 0 Å². The van der Waals surface area contributed by atoms with Gasteiger partial charge in [-0.1, -0.05) is 18.2 Å². The van der Waals surface area contributed by atoms with Gasteiger partial charge in [-0.15, -0.1) is 10.2 Å². The van der Waals surface area contributed by atoms with Crippen LogP contribution in [-0.2, 0) is 7.05 Å². The summed E-state index contributed by atoms with van der Waals surface area (Å²) >= 11 is 0. The molecule has 8 nitrogen and oxygen atoms in total. The standard InChI is InChI=1S/C9H8N8/c1-16-8(10-12-14-16)9-11-13-15-17(9)7-5-3-2-4-6-7/h2-6H,1H3. The summed E-state index contributed by atoms with van der Waals surface area (Å²) in [5.41, 5.74) is 0.857. The molecule has 0 amide bonds. The van der Waals surface area contributed by atoms with Gasteiger partial charge in [-0.2, -0.15) is 4.68 Å². The predicted octanol–water partition coefficient (Wildman–Crippen LogP) is -0.147. The summed E-state index contributed by atoms with van der Waals surface area (Å²) < 4.78 is 3.11. The van der Waals surface area contributed by atoms with Crippen molar-refractivity contribution in [1.29, 1.82) is 0 Å². The van der Waals surface area contributed by atoms with Crippen molar-refractivity contribution in [2.45, 2.75) is 0 Å². The van der Waals surface area contributed by atoms with Gasteiger partial charge in [0, 0.05) is 7.05 Å². The SMILES string of the molecule is Cn1nnnc1-c1nnnn1-c1ccccc1. The Hall–Kier alpha value is -2.64. The second kappa shape index (κ2) is 3.74. The van der Waals surface area contributed by atoms with Gasteiger partial charge in [-0.05, 0) is 33.0 Å². The number of tetrazole rings is 2. The molecule has 84 valence electrons. The highest BCUT2D eigenvalue weighted by Crippen LogP contribution is 2.14. The van der Waals surface area contributed by atoms with Crippen LogP contribution >= 0.6 is 0 Å². The zero-order valence-electron chi connectivity index (χ0n) is 8.96. The van der Waals surface area contributed by atoms with E-state index in [1.54, 1.807) is 11.7 Å².